The number of hydrogen-bond acceptors (Lipinski definition) is 5. The molecule has 122 valence electrons. The molecule has 0 aliphatic carbocycles. The summed E-state index contributed by atoms with van der Waals surface area (Å²) in [4.78, 5) is 11.9. The topological polar surface area (TPSA) is 65.0 Å². The first kappa shape index (κ1) is 16.8. The zero-order valence-electron chi connectivity index (χ0n) is 13.2. The van der Waals surface area contributed by atoms with E-state index in [1.807, 2.05) is 30.3 Å². The number of carbonyl (C=O) groups excluding carboxylic acids is 1. The van der Waals surface area contributed by atoms with Crippen LogP contribution in [-0.2, 0) is 22.6 Å². The molecule has 2 rings (SSSR count). The van der Waals surface area contributed by atoms with Gasteiger partial charge in [-0.2, -0.15) is 0 Å². The fourth-order valence-corrected chi connectivity index (χ4v) is 2.14. The number of rotatable bonds is 7. The van der Waals surface area contributed by atoms with Gasteiger partial charge in [-0.3, -0.25) is 0 Å². The molecule has 1 N–H and O–H groups in total. The predicted molar refractivity (Wildman–Crippen MR) is 85.5 cm³/mol. The van der Waals surface area contributed by atoms with Crippen LogP contribution in [0.4, 0.5) is 0 Å². The molecule has 0 fully saturated rings. The van der Waals surface area contributed by atoms with E-state index in [0.717, 1.165) is 5.56 Å². The number of methoxy groups -OCH3 is 2. The van der Waals surface area contributed by atoms with Crippen LogP contribution in [0.5, 0.6) is 11.5 Å². The summed E-state index contributed by atoms with van der Waals surface area (Å²) in [5, 5.41) is 10.0. The summed E-state index contributed by atoms with van der Waals surface area (Å²) in [6.45, 7) is 0.135. The molecule has 0 bridgehead atoms. The van der Waals surface area contributed by atoms with E-state index in [0.29, 0.717) is 17.1 Å². The number of ether oxygens (including phenoxy) is 3. The van der Waals surface area contributed by atoms with Crippen LogP contribution in [0.25, 0.3) is 0 Å². The van der Waals surface area contributed by atoms with Crippen LogP contribution in [-0.4, -0.2) is 31.4 Å². The van der Waals surface area contributed by atoms with E-state index >= 15 is 0 Å². The third-order valence-electron chi connectivity index (χ3n) is 3.40. The van der Waals surface area contributed by atoms with Gasteiger partial charge in [0, 0.05) is 12.5 Å². The van der Waals surface area contributed by atoms with Gasteiger partial charge in [-0.15, -0.1) is 0 Å². The quantitative estimate of drug-likeness (QED) is 0.794. The second-order valence-corrected chi connectivity index (χ2v) is 4.99. The van der Waals surface area contributed by atoms with Crippen molar-refractivity contribution in [1.82, 2.24) is 0 Å². The minimum absolute atomic E-state index is 0.112. The summed E-state index contributed by atoms with van der Waals surface area (Å²) < 4.78 is 15.5. The van der Waals surface area contributed by atoms with Crippen molar-refractivity contribution in [3.8, 4) is 11.5 Å². The van der Waals surface area contributed by atoms with Crippen molar-refractivity contribution >= 4 is 5.97 Å². The SMILES string of the molecule is COc1ccc(C[C@@H](O)C(=O)OCc2ccccc2)c(OC)c1. The lowest BCUT2D eigenvalue weighted by Crippen LogP contribution is -2.25. The van der Waals surface area contributed by atoms with Crippen LogP contribution in [0, 0.1) is 0 Å². The highest BCUT2D eigenvalue weighted by Gasteiger charge is 2.19. The van der Waals surface area contributed by atoms with Crippen LogP contribution in [0.3, 0.4) is 0 Å². The molecule has 5 nitrogen and oxygen atoms in total. The Kier molecular flexibility index (Phi) is 6.00. The number of aliphatic hydroxyl groups is 1. The van der Waals surface area contributed by atoms with Crippen molar-refractivity contribution in [3.05, 3.63) is 59.7 Å². The molecule has 23 heavy (non-hydrogen) atoms. The molecule has 0 aliphatic heterocycles. The molecule has 0 saturated carbocycles. The summed E-state index contributed by atoms with van der Waals surface area (Å²) >= 11 is 0. The summed E-state index contributed by atoms with van der Waals surface area (Å²) in [6.07, 6.45) is -1.14. The minimum atomic E-state index is -1.25. The predicted octanol–water partition coefficient (Wildman–Crippen LogP) is 2.35. The van der Waals surface area contributed by atoms with E-state index in [4.69, 9.17) is 14.2 Å². The molecule has 0 spiro atoms. The molecule has 0 amide bonds. The van der Waals surface area contributed by atoms with Crippen LogP contribution in [0.15, 0.2) is 48.5 Å². The van der Waals surface area contributed by atoms with Crippen LogP contribution in [0.2, 0.25) is 0 Å². The highest BCUT2D eigenvalue weighted by molar-refractivity contribution is 5.75. The lowest BCUT2D eigenvalue weighted by molar-refractivity contribution is -0.154. The average Bonchev–Trinajstić information content (AvgIpc) is 2.60. The highest BCUT2D eigenvalue weighted by Crippen LogP contribution is 2.25. The van der Waals surface area contributed by atoms with Crippen molar-refractivity contribution in [2.75, 3.05) is 14.2 Å². The second-order valence-electron chi connectivity index (χ2n) is 4.99. The van der Waals surface area contributed by atoms with Gasteiger partial charge in [0.2, 0.25) is 0 Å². The Labute approximate surface area is 135 Å². The molecular formula is C18H20O5. The third-order valence-corrected chi connectivity index (χ3v) is 3.40. The number of carbonyl (C=O) groups is 1. The zero-order valence-corrected chi connectivity index (χ0v) is 13.2. The van der Waals surface area contributed by atoms with Crippen molar-refractivity contribution in [1.29, 1.82) is 0 Å². The molecule has 1 atom stereocenters. The molecule has 0 aliphatic rings. The normalized spacial score (nSPS) is 11.6. The Bertz CT molecular complexity index is 639. The summed E-state index contributed by atoms with van der Waals surface area (Å²) in [5.41, 5.74) is 1.58. The maximum atomic E-state index is 11.9. The van der Waals surface area contributed by atoms with Gasteiger partial charge in [0.15, 0.2) is 6.10 Å². The third kappa shape index (κ3) is 4.72. The molecule has 0 heterocycles. The van der Waals surface area contributed by atoms with Crippen molar-refractivity contribution in [2.24, 2.45) is 0 Å². The molecule has 2 aromatic carbocycles. The van der Waals surface area contributed by atoms with E-state index in [1.165, 1.54) is 7.11 Å². The fourth-order valence-electron chi connectivity index (χ4n) is 2.14. The Morgan fingerprint density at radius 1 is 1.09 bits per heavy atom. The van der Waals surface area contributed by atoms with Gasteiger partial charge in [0.05, 0.1) is 14.2 Å². The number of aliphatic hydroxyl groups excluding tert-OH is 1. The zero-order chi connectivity index (χ0) is 16.7. The van der Waals surface area contributed by atoms with Gasteiger partial charge in [0.25, 0.3) is 0 Å². The summed E-state index contributed by atoms with van der Waals surface area (Å²) in [6, 6.07) is 14.5. The van der Waals surface area contributed by atoms with Crippen molar-refractivity contribution in [3.63, 3.8) is 0 Å². The van der Waals surface area contributed by atoms with Crippen LogP contribution in [0.1, 0.15) is 11.1 Å². The maximum absolute atomic E-state index is 11.9. The van der Waals surface area contributed by atoms with Crippen LogP contribution >= 0.6 is 0 Å². The second kappa shape index (κ2) is 8.19. The molecular weight excluding hydrogens is 296 g/mol. The Hall–Kier alpha value is -2.53. The smallest absolute Gasteiger partial charge is 0.335 e. The lowest BCUT2D eigenvalue weighted by Gasteiger charge is -2.14. The molecule has 0 radical (unpaired) electrons. The summed E-state index contributed by atoms with van der Waals surface area (Å²) in [7, 11) is 3.09. The van der Waals surface area contributed by atoms with Crippen molar-refractivity contribution < 1.29 is 24.1 Å². The first-order chi connectivity index (χ1) is 11.1. The van der Waals surface area contributed by atoms with Gasteiger partial charge >= 0.3 is 5.97 Å². The number of esters is 1. The fraction of sp³-hybridized carbons (Fsp3) is 0.278. The van der Waals surface area contributed by atoms with E-state index in [-0.39, 0.29) is 13.0 Å². The number of hydrogen-bond donors (Lipinski definition) is 1. The van der Waals surface area contributed by atoms with Gasteiger partial charge < -0.3 is 19.3 Å². The average molecular weight is 316 g/mol. The van der Waals surface area contributed by atoms with Gasteiger partial charge in [-0.1, -0.05) is 36.4 Å². The first-order valence-corrected chi connectivity index (χ1v) is 7.23. The number of benzene rings is 2. The Balaban J connectivity index is 1.95. The first-order valence-electron chi connectivity index (χ1n) is 7.23. The lowest BCUT2D eigenvalue weighted by atomic mass is 10.1. The molecule has 0 unspecified atom stereocenters. The largest absolute Gasteiger partial charge is 0.497 e. The minimum Gasteiger partial charge on any atom is -0.497 e. The Morgan fingerprint density at radius 2 is 1.83 bits per heavy atom. The van der Waals surface area contributed by atoms with Crippen molar-refractivity contribution in [2.45, 2.75) is 19.1 Å². The highest BCUT2D eigenvalue weighted by atomic mass is 16.5. The van der Waals surface area contributed by atoms with Gasteiger partial charge in [0.1, 0.15) is 18.1 Å². The van der Waals surface area contributed by atoms with E-state index < -0.39 is 12.1 Å². The molecule has 0 aromatic heterocycles. The van der Waals surface area contributed by atoms with E-state index in [1.54, 1.807) is 25.3 Å². The Morgan fingerprint density at radius 3 is 2.48 bits per heavy atom. The molecule has 2 aromatic rings. The van der Waals surface area contributed by atoms with Gasteiger partial charge in [-0.25, -0.2) is 4.79 Å². The molecule has 5 heteroatoms. The monoisotopic (exact) mass is 316 g/mol. The standard InChI is InChI=1S/C18H20O5/c1-21-15-9-8-14(17(11-15)22-2)10-16(19)18(20)23-12-13-6-4-3-5-7-13/h3-9,11,16,19H,10,12H2,1-2H3/t16-/m1/s1. The van der Waals surface area contributed by atoms with Crippen LogP contribution < -0.4 is 9.47 Å². The van der Waals surface area contributed by atoms with E-state index in [2.05, 4.69) is 0 Å². The van der Waals surface area contributed by atoms with Gasteiger partial charge in [-0.05, 0) is 17.2 Å². The summed E-state index contributed by atoms with van der Waals surface area (Å²) in [5.74, 6) is 0.540. The maximum Gasteiger partial charge on any atom is 0.335 e. The van der Waals surface area contributed by atoms with E-state index in [9.17, 15) is 9.90 Å². The molecule has 0 saturated heterocycles.